The van der Waals surface area contributed by atoms with Crippen molar-refractivity contribution in [2.75, 3.05) is 25.8 Å². The van der Waals surface area contributed by atoms with Crippen molar-refractivity contribution < 1.29 is 32.3 Å². The summed E-state index contributed by atoms with van der Waals surface area (Å²) in [6.07, 6.45) is 11.9. The van der Waals surface area contributed by atoms with Crippen molar-refractivity contribution in [2.24, 2.45) is 0 Å². The summed E-state index contributed by atoms with van der Waals surface area (Å²) in [6, 6.07) is 49.4. The molecule has 0 saturated carbocycles. The van der Waals surface area contributed by atoms with Crippen LogP contribution in [0.3, 0.4) is 0 Å². The van der Waals surface area contributed by atoms with E-state index in [2.05, 4.69) is 21.3 Å². The molecular weight excluding hydrogens is 953 g/mol. The molecule has 390 valence electrons. The van der Waals surface area contributed by atoms with Crippen LogP contribution in [0.15, 0.2) is 164 Å². The molecule has 0 aromatic heterocycles. The molecule has 0 atom stereocenters. The lowest BCUT2D eigenvalue weighted by Crippen LogP contribution is -2.66. The number of halogens is 3. The number of aryl methyl sites for hydroxylation is 3. The number of amides is 4. The fourth-order valence-electron chi connectivity index (χ4n) is 9.48. The predicted octanol–water partition coefficient (Wildman–Crippen LogP) is 10.8. The summed E-state index contributed by atoms with van der Waals surface area (Å²) in [6.45, 7) is 0.0135. The molecule has 0 aliphatic rings. The summed E-state index contributed by atoms with van der Waals surface area (Å²) in [5.41, 5.74) is 2.21. The van der Waals surface area contributed by atoms with Crippen LogP contribution >= 0.6 is 7.26 Å². The van der Waals surface area contributed by atoms with Gasteiger partial charge in [0, 0.05) is 45.3 Å². The molecule has 74 heavy (non-hydrogen) atoms. The number of hydrogen-bond donors (Lipinski definition) is 4. The van der Waals surface area contributed by atoms with Crippen LogP contribution in [-0.2, 0) is 38.4 Å². The average Bonchev–Trinajstić information content (AvgIpc) is 3.42. The minimum atomic E-state index is -2.40. The van der Waals surface area contributed by atoms with E-state index in [4.69, 9.17) is 0 Å². The second-order valence-corrected chi connectivity index (χ2v) is 23.0. The van der Waals surface area contributed by atoms with Crippen LogP contribution < -0.4 is 37.2 Å². The van der Waals surface area contributed by atoms with E-state index < -0.39 is 12.8 Å². The summed E-state index contributed by atoms with van der Waals surface area (Å²) >= 11 is 0. The normalized spacial score (nSPS) is 11.4. The van der Waals surface area contributed by atoms with Gasteiger partial charge >= 0.3 is 0 Å². The van der Waals surface area contributed by atoms with Crippen LogP contribution in [0, 0.1) is 17.5 Å². The minimum Gasteiger partial charge on any atom is -0.354 e. The van der Waals surface area contributed by atoms with E-state index in [1.54, 1.807) is 36.4 Å². The molecule has 4 N–H and O–H groups in total. The summed E-state index contributed by atoms with van der Waals surface area (Å²) in [7, 11) is -2.40. The van der Waals surface area contributed by atoms with E-state index in [-0.39, 0.29) is 86.4 Å². The van der Waals surface area contributed by atoms with Crippen molar-refractivity contribution >= 4 is 46.8 Å². The van der Waals surface area contributed by atoms with Gasteiger partial charge in [-0.25, -0.2) is 13.2 Å². The molecule has 0 aliphatic heterocycles. The number of hydrogen-bond acceptors (Lipinski definition) is 4. The lowest BCUT2D eigenvalue weighted by Gasteiger charge is -2.35. The Balaban J connectivity index is 1.05. The monoisotopic (exact) mass is 1030 g/mol. The van der Waals surface area contributed by atoms with Gasteiger partial charge in [-0.2, -0.15) is 0 Å². The van der Waals surface area contributed by atoms with Crippen LogP contribution in [0.1, 0.15) is 107 Å². The van der Waals surface area contributed by atoms with Gasteiger partial charge in [-0.15, -0.1) is 0 Å². The molecule has 0 aliphatic carbocycles. The van der Waals surface area contributed by atoms with Gasteiger partial charge in [0.2, 0.25) is 23.6 Å². The molecule has 0 spiro atoms. The summed E-state index contributed by atoms with van der Waals surface area (Å²) < 4.78 is 42.7. The van der Waals surface area contributed by atoms with E-state index in [1.165, 1.54) is 36.4 Å². The van der Waals surface area contributed by atoms with Crippen molar-refractivity contribution in [3.8, 4) is 0 Å². The molecule has 0 saturated heterocycles. The summed E-state index contributed by atoms with van der Waals surface area (Å²) in [4.78, 5) is 54.1. The zero-order valence-corrected chi connectivity index (χ0v) is 43.5. The van der Waals surface area contributed by atoms with Crippen molar-refractivity contribution in [3.63, 3.8) is 0 Å². The third-order valence-electron chi connectivity index (χ3n) is 13.6. The molecule has 12 heteroatoms. The molecule has 0 fully saturated rings. The SMILES string of the molecule is O=C(CCCc1ccccc1)NCC(CNC(=O)CCCc1ccccc1)(CNC(=O)CCCc1ccccc1)NC(=O)CCCCCCCCC[P+](c1ccc(F)cc1)(c1ccc(F)cc1)c1ccc(F)cc1. The number of rotatable bonds is 32. The zero-order chi connectivity index (χ0) is 52.3. The Kier molecular flexibility index (Phi) is 23.4. The van der Waals surface area contributed by atoms with Crippen LogP contribution in [0.25, 0.3) is 0 Å². The second-order valence-electron chi connectivity index (χ2n) is 19.4. The Hall–Kier alpha value is -6.58. The first-order chi connectivity index (χ1) is 36.0. The first-order valence-electron chi connectivity index (χ1n) is 26.4. The van der Waals surface area contributed by atoms with Crippen molar-refractivity contribution in [1.82, 2.24) is 21.3 Å². The lowest BCUT2D eigenvalue weighted by molar-refractivity contribution is -0.126. The Bertz CT molecular complexity index is 2350. The molecule has 0 unspecified atom stereocenters. The van der Waals surface area contributed by atoms with E-state index in [9.17, 15) is 32.3 Å². The van der Waals surface area contributed by atoms with Crippen molar-refractivity contribution in [2.45, 2.75) is 115 Å². The molecule has 6 aromatic rings. The number of carbonyl (C=O) groups is 4. The molecular formula is C62H73F3N4O4P+. The highest BCUT2D eigenvalue weighted by Crippen LogP contribution is 2.56. The van der Waals surface area contributed by atoms with Gasteiger partial charge in [-0.05, 0) is 147 Å². The van der Waals surface area contributed by atoms with Crippen LogP contribution in [0.4, 0.5) is 13.2 Å². The zero-order valence-electron chi connectivity index (χ0n) is 42.7. The van der Waals surface area contributed by atoms with Crippen LogP contribution in [0.5, 0.6) is 0 Å². The third-order valence-corrected chi connectivity index (χ3v) is 18.1. The first kappa shape index (κ1) is 56.7. The molecule has 6 aromatic carbocycles. The Morgan fingerprint density at radius 2 is 0.649 bits per heavy atom. The number of unbranched alkanes of at least 4 members (excludes halogenated alkanes) is 6. The average molecular weight is 1030 g/mol. The predicted molar refractivity (Wildman–Crippen MR) is 295 cm³/mol. The Labute approximate surface area is 437 Å². The van der Waals surface area contributed by atoms with Crippen molar-refractivity contribution in [3.05, 3.63) is 198 Å². The highest BCUT2D eigenvalue weighted by atomic mass is 31.2. The lowest BCUT2D eigenvalue weighted by atomic mass is 9.97. The van der Waals surface area contributed by atoms with Gasteiger partial charge in [0.1, 0.15) is 40.6 Å². The second kappa shape index (κ2) is 30.6. The van der Waals surface area contributed by atoms with Crippen molar-refractivity contribution in [1.29, 1.82) is 0 Å². The maximum atomic E-state index is 14.2. The number of nitrogens with one attached hydrogen (secondary N) is 4. The maximum Gasteiger partial charge on any atom is 0.220 e. The standard InChI is InChI=1S/C62H72F3N4O4P/c63-52-33-39-55(40-34-52)74(56-41-35-53(64)36-42-56,57-43-37-54(65)38-44-57)45-16-5-3-1-2-4-15-29-61(73)69-62(46-66-58(70)30-17-26-49-20-9-6-10-21-49,47-67-59(71)31-18-27-50-22-11-7-12-23-50)48-68-60(72)32-19-28-51-24-13-8-14-25-51/h6-14,20-25,33-44H,1-5,15-19,26-32,45-48H2,(H3-,66,67,68,69,70,71,72,73)/p+1. The molecule has 0 bridgehead atoms. The fourth-order valence-corrected chi connectivity index (χ4v) is 13.8. The van der Waals surface area contributed by atoms with Gasteiger partial charge in [-0.3, -0.25) is 19.2 Å². The Morgan fingerprint density at radius 1 is 0.351 bits per heavy atom. The van der Waals surface area contributed by atoms with Gasteiger partial charge in [0.05, 0.1) is 11.7 Å². The third kappa shape index (κ3) is 19.0. The van der Waals surface area contributed by atoms with E-state index in [1.807, 2.05) is 91.0 Å². The Morgan fingerprint density at radius 3 is 0.986 bits per heavy atom. The minimum absolute atomic E-state index is 0.00452. The van der Waals surface area contributed by atoms with Gasteiger partial charge in [-0.1, -0.05) is 117 Å². The van der Waals surface area contributed by atoms with E-state index in [0.29, 0.717) is 25.7 Å². The largest absolute Gasteiger partial charge is 0.354 e. The van der Waals surface area contributed by atoms with Crippen LogP contribution in [0.2, 0.25) is 0 Å². The highest BCUT2D eigenvalue weighted by molar-refractivity contribution is 7.95. The number of benzene rings is 6. The molecule has 8 nitrogen and oxygen atoms in total. The highest BCUT2D eigenvalue weighted by Gasteiger charge is 2.45. The van der Waals surface area contributed by atoms with Gasteiger partial charge in [0.25, 0.3) is 0 Å². The molecule has 0 radical (unpaired) electrons. The maximum absolute atomic E-state index is 14.2. The fraction of sp³-hybridized carbons (Fsp3) is 0.355. The van der Waals surface area contributed by atoms with E-state index in [0.717, 1.165) is 96.6 Å². The van der Waals surface area contributed by atoms with Crippen LogP contribution in [-0.4, -0.2) is 55.0 Å². The smallest absolute Gasteiger partial charge is 0.220 e. The topological polar surface area (TPSA) is 116 Å². The molecule has 0 heterocycles. The molecule has 6 rings (SSSR count). The van der Waals surface area contributed by atoms with Gasteiger partial charge in [0.15, 0.2) is 0 Å². The molecule has 4 amide bonds. The van der Waals surface area contributed by atoms with Gasteiger partial charge < -0.3 is 21.3 Å². The first-order valence-corrected chi connectivity index (χ1v) is 28.4. The summed E-state index contributed by atoms with van der Waals surface area (Å²) in [5.74, 6) is -1.83. The van der Waals surface area contributed by atoms with E-state index >= 15 is 0 Å². The quantitative estimate of drug-likeness (QED) is 0.0249. The number of carbonyl (C=O) groups excluding carboxylic acids is 4. The summed E-state index contributed by atoms with van der Waals surface area (Å²) in [5, 5.41) is 15.1.